The fraction of sp³-hybridized carbons (Fsp3) is 0. The summed E-state index contributed by atoms with van der Waals surface area (Å²) in [6.07, 6.45) is 1.49. The number of hydrogen-bond acceptors (Lipinski definition) is 5. The highest BCUT2D eigenvalue weighted by Crippen LogP contribution is 2.41. The topological polar surface area (TPSA) is 98.6 Å². The summed E-state index contributed by atoms with van der Waals surface area (Å²) < 4.78 is 5.69. The van der Waals surface area contributed by atoms with Crippen LogP contribution in [0.4, 0.5) is 0 Å². The van der Waals surface area contributed by atoms with Crippen LogP contribution in [-0.4, -0.2) is 25.5 Å². The Labute approximate surface area is 119 Å². The third kappa shape index (κ3) is 2.46. The summed E-state index contributed by atoms with van der Waals surface area (Å²) in [5, 5.41) is 35.2. The number of rotatable bonds is 3. The molecule has 0 aliphatic carbocycles. The van der Waals surface area contributed by atoms with Gasteiger partial charge in [-0.25, -0.2) is 0 Å². The summed E-state index contributed by atoms with van der Waals surface area (Å²) in [6, 6.07) is 11.8. The normalized spacial score (nSPS) is 10.5. The van der Waals surface area contributed by atoms with Crippen LogP contribution >= 0.6 is 0 Å². The first-order valence-electron chi connectivity index (χ1n) is 6.16. The molecule has 0 atom stereocenters. The van der Waals surface area contributed by atoms with Crippen molar-refractivity contribution < 1.29 is 20.1 Å². The largest absolute Gasteiger partial charge is 0.504 e. The molecule has 0 unspecified atom stereocenters. The number of H-pyrrole nitrogens is 1. The van der Waals surface area contributed by atoms with Gasteiger partial charge in [0.15, 0.2) is 23.0 Å². The van der Waals surface area contributed by atoms with Gasteiger partial charge in [-0.3, -0.25) is 5.10 Å². The van der Waals surface area contributed by atoms with E-state index in [0.717, 1.165) is 0 Å². The van der Waals surface area contributed by atoms with Gasteiger partial charge in [-0.05, 0) is 24.3 Å². The van der Waals surface area contributed by atoms with Gasteiger partial charge in [0, 0.05) is 5.56 Å². The molecule has 106 valence electrons. The third-order valence-electron chi connectivity index (χ3n) is 2.93. The summed E-state index contributed by atoms with van der Waals surface area (Å²) in [5.41, 5.74) is 0.913. The summed E-state index contributed by atoms with van der Waals surface area (Å²) in [5.74, 6) is -0.350. The number of nitrogens with zero attached hydrogens (tertiary/aromatic N) is 1. The SMILES string of the molecule is Oc1cc(-c2[nH]ncc2Oc2ccccc2)cc(O)c1O. The van der Waals surface area contributed by atoms with Crippen LogP contribution < -0.4 is 4.74 Å². The molecule has 21 heavy (non-hydrogen) atoms. The van der Waals surface area contributed by atoms with E-state index in [-0.39, 0.29) is 0 Å². The average molecular weight is 284 g/mol. The molecular formula is C15H12N2O4. The van der Waals surface area contributed by atoms with Gasteiger partial charge in [-0.15, -0.1) is 0 Å². The number of ether oxygens (including phenoxy) is 1. The number of phenols is 3. The predicted octanol–water partition coefficient (Wildman–Crippen LogP) is 2.99. The van der Waals surface area contributed by atoms with Gasteiger partial charge >= 0.3 is 0 Å². The molecule has 2 aromatic carbocycles. The number of aromatic hydroxyl groups is 3. The minimum absolute atomic E-state index is 0.426. The van der Waals surface area contributed by atoms with Gasteiger partial charge in [-0.1, -0.05) is 18.2 Å². The number of benzene rings is 2. The van der Waals surface area contributed by atoms with Crippen molar-refractivity contribution in [3.8, 4) is 40.0 Å². The minimum atomic E-state index is -0.566. The molecule has 0 bridgehead atoms. The predicted molar refractivity (Wildman–Crippen MR) is 75.5 cm³/mol. The van der Waals surface area contributed by atoms with Gasteiger partial charge < -0.3 is 20.1 Å². The molecule has 3 aromatic rings. The van der Waals surface area contributed by atoms with E-state index in [1.54, 1.807) is 12.1 Å². The van der Waals surface area contributed by atoms with Crippen LogP contribution in [0.2, 0.25) is 0 Å². The number of para-hydroxylation sites is 1. The summed E-state index contributed by atoms with van der Waals surface area (Å²) in [7, 11) is 0. The van der Waals surface area contributed by atoms with E-state index in [1.165, 1.54) is 18.3 Å². The lowest BCUT2D eigenvalue weighted by Crippen LogP contribution is -1.86. The first-order valence-corrected chi connectivity index (χ1v) is 6.16. The Kier molecular flexibility index (Phi) is 3.12. The Morgan fingerprint density at radius 3 is 2.29 bits per heavy atom. The van der Waals surface area contributed by atoms with Crippen molar-refractivity contribution in [3.05, 3.63) is 48.7 Å². The second kappa shape index (κ2) is 5.09. The molecule has 1 heterocycles. The first-order chi connectivity index (χ1) is 10.1. The molecule has 4 N–H and O–H groups in total. The van der Waals surface area contributed by atoms with Gasteiger partial charge in [-0.2, -0.15) is 5.10 Å². The van der Waals surface area contributed by atoms with Crippen molar-refractivity contribution in [3.63, 3.8) is 0 Å². The van der Waals surface area contributed by atoms with Gasteiger partial charge in [0.25, 0.3) is 0 Å². The van der Waals surface area contributed by atoms with Crippen LogP contribution in [0.25, 0.3) is 11.3 Å². The Bertz CT molecular complexity index is 745. The number of aromatic nitrogens is 2. The van der Waals surface area contributed by atoms with Crippen LogP contribution in [0.1, 0.15) is 0 Å². The molecule has 0 aliphatic rings. The molecule has 0 spiro atoms. The molecule has 3 rings (SSSR count). The number of hydrogen-bond donors (Lipinski definition) is 4. The molecule has 0 amide bonds. The molecule has 0 radical (unpaired) electrons. The maximum atomic E-state index is 9.58. The molecule has 6 heteroatoms. The van der Waals surface area contributed by atoms with Crippen molar-refractivity contribution in [2.75, 3.05) is 0 Å². The van der Waals surface area contributed by atoms with E-state index in [1.807, 2.05) is 18.2 Å². The number of nitrogens with one attached hydrogen (secondary N) is 1. The zero-order valence-corrected chi connectivity index (χ0v) is 10.8. The third-order valence-corrected chi connectivity index (χ3v) is 2.93. The van der Waals surface area contributed by atoms with E-state index >= 15 is 0 Å². The standard InChI is InChI=1S/C15H12N2O4/c18-11-6-9(7-12(19)15(11)20)14-13(8-16-17-14)21-10-4-2-1-3-5-10/h1-8,18-20H,(H,16,17). The van der Waals surface area contributed by atoms with E-state index < -0.39 is 17.2 Å². The van der Waals surface area contributed by atoms with Crippen LogP contribution in [0.15, 0.2) is 48.7 Å². The maximum absolute atomic E-state index is 9.58. The Morgan fingerprint density at radius 1 is 0.952 bits per heavy atom. The first kappa shape index (κ1) is 12.9. The maximum Gasteiger partial charge on any atom is 0.200 e. The molecule has 1 aromatic heterocycles. The van der Waals surface area contributed by atoms with Crippen LogP contribution in [-0.2, 0) is 0 Å². The molecule has 0 saturated heterocycles. The van der Waals surface area contributed by atoms with E-state index in [4.69, 9.17) is 4.74 Å². The number of phenolic OH excluding ortho intramolecular Hbond substituents is 3. The van der Waals surface area contributed by atoms with Crippen molar-refractivity contribution >= 4 is 0 Å². The zero-order chi connectivity index (χ0) is 14.8. The highest BCUT2D eigenvalue weighted by Gasteiger charge is 2.15. The van der Waals surface area contributed by atoms with Crippen LogP contribution in [0, 0.1) is 0 Å². The Hall–Kier alpha value is -3.15. The van der Waals surface area contributed by atoms with Crippen LogP contribution in [0.5, 0.6) is 28.7 Å². The van der Waals surface area contributed by atoms with E-state index in [2.05, 4.69) is 10.2 Å². The molecular weight excluding hydrogens is 272 g/mol. The van der Waals surface area contributed by atoms with Crippen molar-refractivity contribution in [2.24, 2.45) is 0 Å². The fourth-order valence-electron chi connectivity index (χ4n) is 1.92. The lowest BCUT2D eigenvalue weighted by molar-refractivity contribution is 0.368. The monoisotopic (exact) mass is 284 g/mol. The quantitative estimate of drug-likeness (QED) is 0.554. The smallest absolute Gasteiger partial charge is 0.200 e. The molecule has 0 aliphatic heterocycles. The van der Waals surface area contributed by atoms with Crippen molar-refractivity contribution in [2.45, 2.75) is 0 Å². The molecule has 0 fully saturated rings. The van der Waals surface area contributed by atoms with E-state index in [9.17, 15) is 15.3 Å². The fourth-order valence-corrected chi connectivity index (χ4v) is 1.92. The second-order valence-corrected chi connectivity index (χ2v) is 4.39. The summed E-state index contributed by atoms with van der Waals surface area (Å²) >= 11 is 0. The van der Waals surface area contributed by atoms with Crippen LogP contribution in [0.3, 0.4) is 0 Å². The lowest BCUT2D eigenvalue weighted by atomic mass is 10.1. The number of aromatic amines is 1. The zero-order valence-electron chi connectivity index (χ0n) is 10.8. The molecule has 0 saturated carbocycles. The van der Waals surface area contributed by atoms with Crippen molar-refractivity contribution in [1.29, 1.82) is 0 Å². The molecule has 6 nitrogen and oxygen atoms in total. The van der Waals surface area contributed by atoms with Gasteiger partial charge in [0.2, 0.25) is 0 Å². The van der Waals surface area contributed by atoms with Gasteiger partial charge in [0.05, 0.1) is 6.20 Å². The minimum Gasteiger partial charge on any atom is -0.504 e. The highest BCUT2D eigenvalue weighted by molar-refractivity contribution is 5.71. The average Bonchev–Trinajstić information content (AvgIpc) is 2.93. The van der Waals surface area contributed by atoms with Gasteiger partial charge in [0.1, 0.15) is 11.4 Å². The second-order valence-electron chi connectivity index (χ2n) is 4.39. The van der Waals surface area contributed by atoms with Crippen molar-refractivity contribution in [1.82, 2.24) is 10.2 Å². The Balaban J connectivity index is 1.99. The highest BCUT2D eigenvalue weighted by atomic mass is 16.5. The Morgan fingerprint density at radius 2 is 1.62 bits per heavy atom. The summed E-state index contributed by atoms with van der Waals surface area (Å²) in [4.78, 5) is 0. The van der Waals surface area contributed by atoms with E-state index in [0.29, 0.717) is 22.8 Å². The lowest BCUT2D eigenvalue weighted by Gasteiger charge is -2.08. The summed E-state index contributed by atoms with van der Waals surface area (Å²) in [6.45, 7) is 0.